The fourth-order valence-corrected chi connectivity index (χ4v) is 9.98. The molecular formula is C70H128O6. The predicted octanol–water partition coefficient (Wildman–Crippen LogP) is 22.9. The van der Waals surface area contributed by atoms with E-state index in [1.54, 1.807) is 0 Å². The number of hydrogen-bond acceptors (Lipinski definition) is 6. The van der Waals surface area contributed by atoms with E-state index >= 15 is 0 Å². The largest absolute Gasteiger partial charge is 0.462 e. The van der Waals surface area contributed by atoms with E-state index in [2.05, 4.69) is 69.4 Å². The lowest BCUT2D eigenvalue weighted by Gasteiger charge is -2.18. The molecule has 0 aliphatic heterocycles. The highest BCUT2D eigenvalue weighted by molar-refractivity contribution is 5.71. The maximum atomic E-state index is 12.9. The van der Waals surface area contributed by atoms with Crippen LogP contribution >= 0.6 is 0 Å². The van der Waals surface area contributed by atoms with Crippen molar-refractivity contribution in [3.8, 4) is 0 Å². The number of unbranched alkanes of at least 4 members (excludes halogenated alkanes) is 43. The quantitative estimate of drug-likeness (QED) is 0.0261. The summed E-state index contributed by atoms with van der Waals surface area (Å²) >= 11 is 0. The monoisotopic (exact) mass is 1060 g/mol. The number of rotatable bonds is 62. The minimum absolute atomic E-state index is 0.0776. The highest BCUT2D eigenvalue weighted by atomic mass is 16.6. The van der Waals surface area contributed by atoms with Gasteiger partial charge < -0.3 is 14.2 Å². The predicted molar refractivity (Wildman–Crippen MR) is 330 cm³/mol. The standard InChI is InChI=1S/C70H128O6/c1-4-7-10-13-16-19-22-25-27-29-31-32-33-34-35-36-37-39-40-42-45-48-51-54-57-60-63-69(72)75-66-67(65-74-68(71)62-59-56-53-50-47-44-24-21-18-15-12-9-6-3)76-70(73)64-61-58-55-52-49-46-43-41-38-30-28-26-23-20-17-14-11-8-5-2/h17,20-21,24,26,28,38,41,67H,4-16,18-19,22-23,25,27,29-37,39-40,42-66H2,1-3H3/b20-17-,24-21-,28-26-,41-38-. The molecule has 0 aromatic heterocycles. The molecule has 0 aliphatic carbocycles. The number of carbonyl (C=O) groups is 3. The average molecular weight is 1070 g/mol. The van der Waals surface area contributed by atoms with Crippen molar-refractivity contribution in [3.05, 3.63) is 48.6 Å². The van der Waals surface area contributed by atoms with E-state index in [1.165, 1.54) is 231 Å². The van der Waals surface area contributed by atoms with E-state index in [1.807, 2.05) is 0 Å². The summed E-state index contributed by atoms with van der Waals surface area (Å²) in [6, 6.07) is 0. The Morgan fingerprint density at radius 3 is 0.789 bits per heavy atom. The van der Waals surface area contributed by atoms with Crippen LogP contribution in [0.3, 0.4) is 0 Å². The molecule has 0 saturated heterocycles. The summed E-state index contributed by atoms with van der Waals surface area (Å²) in [7, 11) is 0. The lowest BCUT2D eigenvalue weighted by Crippen LogP contribution is -2.30. The zero-order chi connectivity index (χ0) is 55.0. The van der Waals surface area contributed by atoms with E-state index < -0.39 is 6.10 Å². The van der Waals surface area contributed by atoms with Crippen LogP contribution in [0.2, 0.25) is 0 Å². The zero-order valence-corrected chi connectivity index (χ0v) is 51.0. The molecule has 0 spiro atoms. The lowest BCUT2D eigenvalue weighted by atomic mass is 10.0. The van der Waals surface area contributed by atoms with Crippen molar-refractivity contribution in [2.75, 3.05) is 13.2 Å². The Bertz CT molecular complexity index is 1310. The SMILES string of the molecule is CCCCC/C=C\C/C=C\C/C=C\CCCCCCCCC(=O)OC(COC(=O)CCCCCCC/C=C\CCCCCC)COC(=O)CCCCCCCCCCCCCCCCCCCCCCCCCCCC. The van der Waals surface area contributed by atoms with Crippen LogP contribution in [-0.4, -0.2) is 37.2 Å². The van der Waals surface area contributed by atoms with Gasteiger partial charge in [-0.3, -0.25) is 14.4 Å². The molecule has 0 amide bonds. The van der Waals surface area contributed by atoms with Crippen molar-refractivity contribution < 1.29 is 28.6 Å². The van der Waals surface area contributed by atoms with Gasteiger partial charge in [0.05, 0.1) is 0 Å². The van der Waals surface area contributed by atoms with Crippen LogP contribution in [0.25, 0.3) is 0 Å². The summed E-state index contributed by atoms with van der Waals surface area (Å²) in [5.41, 5.74) is 0. The molecule has 0 aliphatic rings. The Kier molecular flexibility index (Phi) is 62.6. The maximum absolute atomic E-state index is 12.9. The van der Waals surface area contributed by atoms with Crippen LogP contribution in [0, 0.1) is 0 Å². The molecular weight excluding hydrogens is 937 g/mol. The zero-order valence-electron chi connectivity index (χ0n) is 51.0. The first-order valence-corrected chi connectivity index (χ1v) is 33.6. The number of ether oxygens (including phenoxy) is 3. The second-order valence-electron chi connectivity index (χ2n) is 22.7. The van der Waals surface area contributed by atoms with Gasteiger partial charge in [-0.2, -0.15) is 0 Å². The van der Waals surface area contributed by atoms with Gasteiger partial charge in [-0.1, -0.05) is 307 Å². The Hall–Kier alpha value is -2.63. The third-order valence-corrected chi connectivity index (χ3v) is 15.1. The Morgan fingerprint density at radius 2 is 0.474 bits per heavy atom. The van der Waals surface area contributed by atoms with E-state index in [0.717, 1.165) is 89.9 Å². The summed E-state index contributed by atoms with van der Waals surface area (Å²) < 4.78 is 16.9. The van der Waals surface area contributed by atoms with Crippen LogP contribution in [0.4, 0.5) is 0 Å². The van der Waals surface area contributed by atoms with Gasteiger partial charge in [0, 0.05) is 19.3 Å². The molecule has 0 saturated carbocycles. The molecule has 0 aromatic rings. The Balaban J connectivity index is 4.25. The van der Waals surface area contributed by atoms with Crippen molar-refractivity contribution >= 4 is 17.9 Å². The summed E-state index contributed by atoms with van der Waals surface area (Å²) in [5.74, 6) is -0.878. The molecule has 6 heteroatoms. The first-order valence-electron chi connectivity index (χ1n) is 33.6. The van der Waals surface area contributed by atoms with Crippen molar-refractivity contribution in [1.29, 1.82) is 0 Å². The van der Waals surface area contributed by atoms with Crippen LogP contribution in [0.15, 0.2) is 48.6 Å². The first kappa shape index (κ1) is 73.4. The van der Waals surface area contributed by atoms with Crippen LogP contribution < -0.4 is 0 Å². The van der Waals surface area contributed by atoms with Crippen LogP contribution in [0.5, 0.6) is 0 Å². The van der Waals surface area contributed by atoms with E-state index in [4.69, 9.17) is 14.2 Å². The molecule has 444 valence electrons. The lowest BCUT2D eigenvalue weighted by molar-refractivity contribution is -0.167. The van der Waals surface area contributed by atoms with E-state index in [-0.39, 0.29) is 31.1 Å². The van der Waals surface area contributed by atoms with E-state index in [9.17, 15) is 14.4 Å². The van der Waals surface area contributed by atoms with Crippen molar-refractivity contribution in [2.24, 2.45) is 0 Å². The van der Waals surface area contributed by atoms with E-state index in [0.29, 0.717) is 19.3 Å². The third kappa shape index (κ3) is 62.2. The number of hydrogen-bond donors (Lipinski definition) is 0. The second kappa shape index (κ2) is 64.9. The molecule has 0 radical (unpaired) electrons. The minimum atomic E-state index is -0.783. The molecule has 0 N–H and O–H groups in total. The minimum Gasteiger partial charge on any atom is -0.462 e. The van der Waals surface area contributed by atoms with Crippen LogP contribution in [-0.2, 0) is 28.6 Å². The van der Waals surface area contributed by atoms with Crippen molar-refractivity contribution in [3.63, 3.8) is 0 Å². The summed E-state index contributed by atoms with van der Waals surface area (Å²) in [5, 5.41) is 0. The van der Waals surface area contributed by atoms with Gasteiger partial charge in [-0.25, -0.2) is 0 Å². The van der Waals surface area contributed by atoms with Gasteiger partial charge in [-0.05, 0) is 83.5 Å². The summed E-state index contributed by atoms with van der Waals surface area (Å²) in [6.45, 7) is 6.64. The average Bonchev–Trinajstić information content (AvgIpc) is 3.42. The molecule has 0 aromatic carbocycles. The molecule has 1 unspecified atom stereocenters. The number of esters is 3. The second-order valence-corrected chi connectivity index (χ2v) is 22.7. The Labute approximate surface area is 473 Å². The van der Waals surface area contributed by atoms with Gasteiger partial charge >= 0.3 is 17.9 Å². The van der Waals surface area contributed by atoms with Gasteiger partial charge in [0.25, 0.3) is 0 Å². The maximum Gasteiger partial charge on any atom is 0.306 e. The molecule has 0 rings (SSSR count). The molecule has 0 fully saturated rings. The van der Waals surface area contributed by atoms with Gasteiger partial charge in [0.1, 0.15) is 13.2 Å². The molecule has 0 bridgehead atoms. The van der Waals surface area contributed by atoms with Gasteiger partial charge in [0.2, 0.25) is 0 Å². The number of allylic oxidation sites excluding steroid dienone is 8. The fourth-order valence-electron chi connectivity index (χ4n) is 9.98. The molecule has 6 nitrogen and oxygen atoms in total. The highest BCUT2D eigenvalue weighted by Gasteiger charge is 2.19. The molecule has 1 atom stereocenters. The summed E-state index contributed by atoms with van der Waals surface area (Å²) in [4.78, 5) is 38.3. The number of carbonyl (C=O) groups excluding carboxylic acids is 3. The van der Waals surface area contributed by atoms with Crippen LogP contribution in [0.1, 0.15) is 361 Å². The smallest absolute Gasteiger partial charge is 0.306 e. The fraction of sp³-hybridized carbons (Fsp3) is 0.843. The van der Waals surface area contributed by atoms with Crippen molar-refractivity contribution in [2.45, 2.75) is 367 Å². The third-order valence-electron chi connectivity index (χ3n) is 15.1. The van der Waals surface area contributed by atoms with Crippen molar-refractivity contribution in [1.82, 2.24) is 0 Å². The summed E-state index contributed by atoms with van der Waals surface area (Å²) in [6.07, 6.45) is 81.3. The van der Waals surface area contributed by atoms with Gasteiger partial charge in [-0.15, -0.1) is 0 Å². The Morgan fingerprint density at radius 1 is 0.263 bits per heavy atom. The first-order chi connectivity index (χ1) is 37.5. The normalized spacial score (nSPS) is 12.3. The molecule has 76 heavy (non-hydrogen) atoms. The molecule has 0 heterocycles. The topological polar surface area (TPSA) is 78.9 Å². The highest BCUT2D eigenvalue weighted by Crippen LogP contribution is 2.18. The van der Waals surface area contributed by atoms with Gasteiger partial charge in [0.15, 0.2) is 6.10 Å².